The lowest BCUT2D eigenvalue weighted by Crippen LogP contribution is -2.56. The fraction of sp³-hybridized carbons (Fsp3) is 0.419. The van der Waals surface area contributed by atoms with E-state index in [0.29, 0.717) is 29.7 Å². The summed E-state index contributed by atoms with van der Waals surface area (Å²) in [5.41, 5.74) is -0.664. The van der Waals surface area contributed by atoms with Gasteiger partial charge in [-0.15, -0.1) is 0 Å². The third-order valence-corrected chi connectivity index (χ3v) is 8.56. The molecule has 49 heavy (non-hydrogen) atoms. The van der Waals surface area contributed by atoms with Crippen molar-refractivity contribution in [3.63, 3.8) is 0 Å². The smallest absolute Gasteiger partial charge is 0.433 e. The third-order valence-electron chi connectivity index (χ3n) is 8.27. The number of aryl methyl sites for hydroxylation is 1. The third kappa shape index (κ3) is 6.93. The van der Waals surface area contributed by atoms with E-state index >= 15 is 0 Å². The van der Waals surface area contributed by atoms with E-state index in [1.54, 1.807) is 35.4 Å². The van der Waals surface area contributed by atoms with Crippen molar-refractivity contribution in [2.75, 3.05) is 48.8 Å². The van der Waals surface area contributed by atoms with Crippen molar-refractivity contribution >= 4 is 51.8 Å². The summed E-state index contributed by atoms with van der Waals surface area (Å²) in [7, 11) is 3.48. The molecule has 0 saturated carbocycles. The van der Waals surface area contributed by atoms with Gasteiger partial charge in [0.2, 0.25) is 11.3 Å². The van der Waals surface area contributed by atoms with E-state index in [-0.39, 0.29) is 72.6 Å². The second-order valence-corrected chi connectivity index (χ2v) is 12.0. The molecular weight excluding hydrogens is 669 g/mol. The van der Waals surface area contributed by atoms with Crippen molar-refractivity contribution in [1.29, 1.82) is 0 Å². The number of halogens is 4. The lowest BCUT2D eigenvalue weighted by molar-refractivity contribution is -0.141. The van der Waals surface area contributed by atoms with Crippen LogP contribution >= 0.6 is 11.6 Å². The van der Waals surface area contributed by atoms with Gasteiger partial charge < -0.3 is 29.7 Å². The Morgan fingerprint density at radius 2 is 1.86 bits per heavy atom. The molecule has 1 aliphatic rings. The van der Waals surface area contributed by atoms with Gasteiger partial charge in [-0.2, -0.15) is 13.2 Å². The van der Waals surface area contributed by atoms with Crippen LogP contribution in [0.5, 0.6) is 5.75 Å². The highest BCUT2D eigenvalue weighted by molar-refractivity contribution is 6.32. The maximum atomic E-state index is 14.3. The number of anilines is 3. The number of carbonyl (C=O) groups excluding carboxylic acids is 2. The van der Waals surface area contributed by atoms with Crippen molar-refractivity contribution in [1.82, 2.24) is 34.4 Å². The van der Waals surface area contributed by atoms with Crippen LogP contribution in [0.25, 0.3) is 11.2 Å². The molecule has 1 aliphatic heterocycles. The molecule has 1 saturated heterocycles. The minimum absolute atomic E-state index is 0.00942. The van der Waals surface area contributed by atoms with Gasteiger partial charge in [0.05, 0.1) is 17.6 Å². The molecule has 2 N–H and O–H groups in total. The molecule has 4 aromatic rings. The number of rotatable bonds is 8. The van der Waals surface area contributed by atoms with E-state index in [1.165, 1.54) is 12.5 Å². The summed E-state index contributed by atoms with van der Waals surface area (Å²) < 4.78 is 40.9. The fourth-order valence-corrected chi connectivity index (χ4v) is 5.94. The minimum Gasteiger partial charge on any atom is -0.504 e. The molecule has 14 nitrogen and oxygen atoms in total. The first-order valence-electron chi connectivity index (χ1n) is 15.4. The maximum absolute atomic E-state index is 14.3. The highest BCUT2D eigenvalue weighted by Crippen LogP contribution is 2.32. The van der Waals surface area contributed by atoms with Gasteiger partial charge in [0.25, 0.3) is 5.91 Å². The number of hydrogen-bond acceptors (Lipinski definition) is 11. The van der Waals surface area contributed by atoms with Crippen LogP contribution in [0.4, 0.5) is 30.4 Å². The summed E-state index contributed by atoms with van der Waals surface area (Å²) in [5, 5.41) is 12.4. The lowest BCUT2D eigenvalue weighted by atomic mass is 10.0. The predicted octanol–water partition coefficient (Wildman–Crippen LogP) is 3.67. The summed E-state index contributed by atoms with van der Waals surface area (Å²) >= 11 is 6.00. The van der Waals surface area contributed by atoms with Crippen molar-refractivity contribution in [2.24, 2.45) is 0 Å². The zero-order valence-electron chi connectivity index (χ0n) is 27.3. The van der Waals surface area contributed by atoms with Crippen LogP contribution in [-0.2, 0) is 23.9 Å². The summed E-state index contributed by atoms with van der Waals surface area (Å²) in [4.78, 5) is 66.7. The molecule has 0 aliphatic carbocycles. The van der Waals surface area contributed by atoms with Crippen molar-refractivity contribution in [3.05, 3.63) is 62.8 Å². The molecule has 0 radical (unpaired) electrons. The predicted molar refractivity (Wildman–Crippen MR) is 176 cm³/mol. The molecule has 5 rings (SSSR count). The first-order chi connectivity index (χ1) is 23.2. The maximum Gasteiger partial charge on any atom is 0.433 e. The van der Waals surface area contributed by atoms with Crippen LogP contribution < -0.4 is 20.5 Å². The number of nitrogens with zero attached hydrogens (tertiary/aromatic N) is 9. The van der Waals surface area contributed by atoms with Gasteiger partial charge in [0.1, 0.15) is 30.1 Å². The van der Waals surface area contributed by atoms with Crippen molar-refractivity contribution < 1.29 is 27.9 Å². The molecule has 0 bridgehead atoms. The number of alkyl halides is 3. The van der Waals surface area contributed by atoms with Crippen molar-refractivity contribution in [2.45, 2.75) is 52.4 Å². The number of hydrogen-bond donors (Lipinski definition) is 2. The summed E-state index contributed by atoms with van der Waals surface area (Å²) in [6.45, 7) is 5.56. The van der Waals surface area contributed by atoms with Crippen LogP contribution in [0.3, 0.4) is 0 Å². The second kappa shape index (κ2) is 13.8. The zero-order chi connectivity index (χ0) is 35.8. The summed E-state index contributed by atoms with van der Waals surface area (Å²) in [6.07, 6.45) is -1.22. The number of amides is 2. The Bertz CT molecular complexity index is 1990. The first kappa shape index (κ1) is 35.3. The molecule has 0 unspecified atom stereocenters. The molecule has 2 amide bonds. The minimum atomic E-state index is -4.72. The zero-order valence-corrected chi connectivity index (χ0v) is 28.1. The molecule has 1 fully saturated rings. The highest BCUT2D eigenvalue weighted by Gasteiger charge is 2.35. The van der Waals surface area contributed by atoms with E-state index in [2.05, 4.69) is 30.2 Å². The van der Waals surface area contributed by atoms with E-state index in [1.807, 2.05) is 18.7 Å². The molecule has 0 spiro atoms. The number of nitrogens with one attached hydrogen (secondary N) is 1. The summed E-state index contributed by atoms with van der Waals surface area (Å²) in [6, 6.07) is 1.38. The van der Waals surface area contributed by atoms with Gasteiger partial charge in [-0.25, -0.2) is 24.9 Å². The van der Waals surface area contributed by atoms with E-state index < -0.39 is 34.3 Å². The molecule has 0 aromatic carbocycles. The topological polar surface area (TPSA) is 163 Å². The van der Waals surface area contributed by atoms with Gasteiger partial charge in [0.15, 0.2) is 27.8 Å². The number of aromatic hydroxyl groups is 1. The van der Waals surface area contributed by atoms with Crippen LogP contribution in [0.1, 0.15) is 47.8 Å². The molecule has 5 heterocycles. The second-order valence-electron chi connectivity index (χ2n) is 11.6. The Balaban J connectivity index is 1.55. The normalized spacial score (nSPS) is 15.1. The van der Waals surface area contributed by atoms with Crippen LogP contribution in [0.15, 0.2) is 29.5 Å². The SMILES string of the molecule is CCc1c(N2CCN(C(=O)c3ncnc(C)c3O)C[C@@H]2CC)c(=O)c2nc(N(C)C)cnc2n1CC(=O)Nc1ccc(C(F)(F)F)nc1Cl. The number of fused-ring (bicyclic) bond motifs is 1. The number of carbonyl (C=O) groups is 2. The van der Waals surface area contributed by atoms with Crippen LogP contribution in [-0.4, -0.2) is 91.1 Å². The average molecular weight is 703 g/mol. The van der Waals surface area contributed by atoms with Gasteiger partial charge in [-0.1, -0.05) is 25.4 Å². The van der Waals surface area contributed by atoms with E-state index in [4.69, 9.17) is 11.6 Å². The van der Waals surface area contributed by atoms with Gasteiger partial charge in [-0.05, 0) is 31.9 Å². The Morgan fingerprint density at radius 1 is 1.12 bits per heavy atom. The first-order valence-corrected chi connectivity index (χ1v) is 15.7. The monoisotopic (exact) mass is 702 g/mol. The quantitative estimate of drug-likeness (QED) is 0.258. The molecule has 18 heteroatoms. The highest BCUT2D eigenvalue weighted by atomic mass is 35.5. The largest absolute Gasteiger partial charge is 0.504 e. The van der Waals surface area contributed by atoms with E-state index in [9.17, 15) is 32.7 Å². The fourth-order valence-electron chi connectivity index (χ4n) is 5.74. The van der Waals surface area contributed by atoms with Crippen LogP contribution in [0.2, 0.25) is 5.15 Å². The molecule has 1 atom stereocenters. The lowest BCUT2D eigenvalue weighted by Gasteiger charge is -2.43. The Kier molecular flexibility index (Phi) is 9.94. The average Bonchev–Trinajstić information content (AvgIpc) is 3.06. The Morgan fingerprint density at radius 3 is 2.49 bits per heavy atom. The Hall–Kier alpha value is -5.06. The Labute approximate surface area is 283 Å². The molecule has 260 valence electrons. The molecular formula is C31H34ClF3N10O4. The van der Waals surface area contributed by atoms with E-state index in [0.717, 1.165) is 6.07 Å². The number of pyridine rings is 2. The number of aromatic nitrogens is 6. The van der Waals surface area contributed by atoms with Crippen molar-refractivity contribution in [3.8, 4) is 5.75 Å². The van der Waals surface area contributed by atoms with Gasteiger partial charge in [-0.3, -0.25) is 14.4 Å². The van der Waals surface area contributed by atoms with Crippen LogP contribution in [0, 0.1) is 6.92 Å². The molecule has 4 aromatic heterocycles. The van der Waals surface area contributed by atoms with Gasteiger partial charge in [0, 0.05) is 45.5 Å². The van der Waals surface area contributed by atoms with Gasteiger partial charge >= 0.3 is 6.18 Å². The number of piperazine rings is 1. The summed E-state index contributed by atoms with van der Waals surface area (Å²) in [5.74, 6) is -1.02. The standard InChI is InChI=1S/C31H34ClF3N10O4/c1-6-17-13-43(30(49)24-26(47)16(3)37-15-38-24)10-11-44(17)25-19(7-2)45(29-23(27(25)48)41-21(12-36-29)42(4)5)14-22(46)39-18-8-9-20(31(33,34)35)40-28(18)32/h8-9,12,15,17,47H,6-7,10-11,13-14H2,1-5H3,(H,39,46)/t17-/m0/s1.